The van der Waals surface area contributed by atoms with Gasteiger partial charge in [-0.1, -0.05) is 12.2 Å². The minimum Gasteiger partial charge on any atom is -0.379 e. The van der Waals surface area contributed by atoms with E-state index in [1.54, 1.807) is 0 Å². The molecule has 0 amide bonds. The van der Waals surface area contributed by atoms with Crippen molar-refractivity contribution in [3.8, 4) is 0 Å². The van der Waals surface area contributed by atoms with E-state index in [-0.39, 0.29) is 5.92 Å². The maximum Gasteiger partial charge on any atom is 0.194 e. The van der Waals surface area contributed by atoms with Crippen LogP contribution in [0.15, 0.2) is 17.1 Å². The summed E-state index contributed by atoms with van der Waals surface area (Å²) in [5.41, 5.74) is 1.02. The predicted molar refractivity (Wildman–Crippen MR) is 104 cm³/mol. The van der Waals surface area contributed by atoms with Gasteiger partial charge in [-0.15, -0.1) is 0 Å². The van der Waals surface area contributed by atoms with Crippen LogP contribution in [-0.2, 0) is 14.6 Å². The molecule has 7 nitrogen and oxygen atoms in total. The van der Waals surface area contributed by atoms with Crippen LogP contribution in [0.4, 0.5) is 0 Å². The first-order valence-corrected chi connectivity index (χ1v) is 11.4. The SMILES string of the molecule is C=C(C)CN=C(NCC1CCS(=O)(=O)C1)N1CCC(N2CCOCC2)C1. The minimum atomic E-state index is -2.84. The number of likely N-dealkylation sites (tertiary alicyclic amines) is 1. The van der Waals surface area contributed by atoms with Gasteiger partial charge in [-0.2, -0.15) is 0 Å². The third-order valence-corrected chi connectivity index (χ3v) is 7.24. The van der Waals surface area contributed by atoms with Crippen LogP contribution in [0.1, 0.15) is 19.8 Å². The van der Waals surface area contributed by atoms with Crippen molar-refractivity contribution in [3.63, 3.8) is 0 Å². The van der Waals surface area contributed by atoms with E-state index >= 15 is 0 Å². The summed E-state index contributed by atoms with van der Waals surface area (Å²) in [7, 11) is -2.84. The standard InChI is InChI=1S/C18H32N4O3S/c1-15(2)11-19-18(20-12-16-4-10-26(23,24)14-16)22-5-3-17(13-22)21-6-8-25-9-7-21/h16-17H,1,3-14H2,2H3,(H,19,20). The second-order valence-corrected chi connectivity index (χ2v) is 10.0. The van der Waals surface area contributed by atoms with Crippen molar-refractivity contribution in [2.24, 2.45) is 10.9 Å². The molecule has 3 fully saturated rings. The van der Waals surface area contributed by atoms with E-state index in [4.69, 9.17) is 9.73 Å². The van der Waals surface area contributed by atoms with Crippen LogP contribution in [0.3, 0.4) is 0 Å². The molecule has 8 heteroatoms. The molecule has 148 valence electrons. The Balaban J connectivity index is 1.57. The quantitative estimate of drug-likeness (QED) is 0.419. The highest BCUT2D eigenvalue weighted by molar-refractivity contribution is 7.91. The lowest BCUT2D eigenvalue weighted by molar-refractivity contribution is 0.0195. The van der Waals surface area contributed by atoms with Gasteiger partial charge < -0.3 is 15.0 Å². The molecule has 26 heavy (non-hydrogen) atoms. The summed E-state index contributed by atoms with van der Waals surface area (Å²) < 4.78 is 28.8. The molecule has 3 rings (SSSR count). The lowest BCUT2D eigenvalue weighted by Gasteiger charge is -2.32. The smallest absolute Gasteiger partial charge is 0.194 e. The molecular formula is C18H32N4O3S. The molecule has 2 unspecified atom stereocenters. The molecule has 0 spiro atoms. The first kappa shape index (κ1) is 19.6. The number of morpholine rings is 1. The Hall–Kier alpha value is -1.12. The van der Waals surface area contributed by atoms with Crippen LogP contribution in [-0.4, -0.2) is 94.2 Å². The monoisotopic (exact) mass is 384 g/mol. The molecule has 3 saturated heterocycles. The van der Waals surface area contributed by atoms with Gasteiger partial charge in [-0.25, -0.2) is 13.4 Å². The number of guanidine groups is 1. The molecule has 3 heterocycles. The molecule has 0 radical (unpaired) electrons. The number of sulfone groups is 1. The van der Waals surface area contributed by atoms with E-state index in [0.29, 0.717) is 30.6 Å². The van der Waals surface area contributed by atoms with E-state index < -0.39 is 9.84 Å². The van der Waals surface area contributed by atoms with Crippen molar-refractivity contribution < 1.29 is 13.2 Å². The number of nitrogens with zero attached hydrogens (tertiary/aromatic N) is 3. The van der Waals surface area contributed by atoms with Crippen molar-refractivity contribution >= 4 is 15.8 Å². The summed E-state index contributed by atoms with van der Waals surface area (Å²) in [5.74, 6) is 1.70. The Morgan fingerprint density at radius 2 is 2.04 bits per heavy atom. The molecule has 0 aromatic heterocycles. The largest absolute Gasteiger partial charge is 0.379 e. The average Bonchev–Trinajstić information content (AvgIpc) is 3.22. The average molecular weight is 385 g/mol. The summed E-state index contributed by atoms with van der Waals surface area (Å²) in [6, 6.07) is 0.544. The third kappa shape index (κ3) is 5.44. The number of hydrogen-bond donors (Lipinski definition) is 1. The van der Waals surface area contributed by atoms with Gasteiger partial charge in [0.1, 0.15) is 0 Å². The van der Waals surface area contributed by atoms with Gasteiger partial charge in [0.2, 0.25) is 0 Å². The first-order chi connectivity index (χ1) is 12.4. The van der Waals surface area contributed by atoms with E-state index in [1.807, 2.05) is 6.92 Å². The zero-order valence-corrected chi connectivity index (χ0v) is 16.6. The first-order valence-electron chi connectivity index (χ1n) is 9.63. The molecule has 1 N–H and O–H groups in total. The van der Waals surface area contributed by atoms with Crippen molar-refractivity contribution in [2.45, 2.75) is 25.8 Å². The number of nitrogens with one attached hydrogen (secondary N) is 1. The number of ether oxygens (including phenoxy) is 1. The molecule has 3 aliphatic rings. The van der Waals surface area contributed by atoms with Crippen molar-refractivity contribution in [3.05, 3.63) is 12.2 Å². The summed E-state index contributed by atoms with van der Waals surface area (Å²) in [5, 5.41) is 3.45. The molecule has 0 bridgehead atoms. The Bertz CT molecular complexity index is 628. The Kier molecular flexibility index (Phi) is 6.58. The third-order valence-electron chi connectivity index (χ3n) is 5.40. The van der Waals surface area contributed by atoms with Crippen LogP contribution in [0.5, 0.6) is 0 Å². The van der Waals surface area contributed by atoms with E-state index in [2.05, 4.69) is 21.7 Å². The zero-order valence-electron chi connectivity index (χ0n) is 15.8. The zero-order chi connectivity index (χ0) is 18.6. The van der Waals surface area contributed by atoms with E-state index in [9.17, 15) is 8.42 Å². The second-order valence-electron chi connectivity index (χ2n) is 7.78. The Morgan fingerprint density at radius 1 is 1.27 bits per heavy atom. The highest BCUT2D eigenvalue weighted by atomic mass is 32.2. The number of rotatable bonds is 5. The normalized spacial score (nSPS) is 29.9. The highest BCUT2D eigenvalue weighted by Crippen LogP contribution is 2.19. The Morgan fingerprint density at radius 3 is 2.69 bits per heavy atom. The van der Waals surface area contributed by atoms with Crippen LogP contribution in [0, 0.1) is 5.92 Å². The van der Waals surface area contributed by atoms with Crippen molar-refractivity contribution in [1.82, 2.24) is 15.1 Å². The topological polar surface area (TPSA) is 74.2 Å². The minimum absolute atomic E-state index is 0.188. The van der Waals surface area contributed by atoms with E-state index in [1.165, 1.54) is 0 Å². The maximum atomic E-state index is 11.7. The molecule has 0 aromatic carbocycles. The van der Waals surface area contributed by atoms with Gasteiger partial charge in [-0.3, -0.25) is 4.90 Å². The molecule has 2 atom stereocenters. The molecule has 0 aromatic rings. The summed E-state index contributed by atoms with van der Waals surface area (Å²) in [6.45, 7) is 12.8. The van der Waals surface area contributed by atoms with Crippen molar-refractivity contribution in [2.75, 3.05) is 64.0 Å². The maximum absolute atomic E-state index is 11.7. The summed E-state index contributed by atoms with van der Waals surface area (Å²) in [4.78, 5) is 9.55. The fraction of sp³-hybridized carbons (Fsp3) is 0.833. The second kappa shape index (κ2) is 8.71. The molecular weight excluding hydrogens is 352 g/mol. The van der Waals surface area contributed by atoms with Crippen LogP contribution >= 0.6 is 0 Å². The molecule has 3 aliphatic heterocycles. The predicted octanol–water partition coefficient (Wildman–Crippen LogP) is 0.349. The lowest BCUT2D eigenvalue weighted by Crippen LogP contribution is -2.47. The fourth-order valence-electron chi connectivity index (χ4n) is 3.92. The van der Waals surface area contributed by atoms with Crippen LogP contribution < -0.4 is 5.32 Å². The fourth-order valence-corrected chi connectivity index (χ4v) is 5.78. The van der Waals surface area contributed by atoms with Crippen LogP contribution in [0.2, 0.25) is 0 Å². The van der Waals surface area contributed by atoms with Crippen molar-refractivity contribution in [1.29, 1.82) is 0 Å². The summed E-state index contributed by atoms with van der Waals surface area (Å²) in [6.07, 6.45) is 1.88. The van der Waals surface area contributed by atoms with Gasteiger partial charge in [0.15, 0.2) is 15.8 Å². The van der Waals surface area contributed by atoms with Gasteiger partial charge in [-0.05, 0) is 25.7 Å². The van der Waals surface area contributed by atoms with E-state index in [0.717, 1.165) is 63.8 Å². The highest BCUT2D eigenvalue weighted by Gasteiger charge is 2.32. The van der Waals surface area contributed by atoms with Gasteiger partial charge >= 0.3 is 0 Å². The van der Waals surface area contributed by atoms with Gasteiger partial charge in [0, 0.05) is 38.8 Å². The molecule has 0 saturated carbocycles. The summed E-state index contributed by atoms with van der Waals surface area (Å²) >= 11 is 0. The van der Waals surface area contributed by atoms with Gasteiger partial charge in [0.25, 0.3) is 0 Å². The van der Waals surface area contributed by atoms with Crippen LogP contribution in [0.25, 0.3) is 0 Å². The number of hydrogen-bond acceptors (Lipinski definition) is 5. The van der Waals surface area contributed by atoms with Gasteiger partial charge in [0.05, 0.1) is 31.3 Å². The Labute approximate surface area is 157 Å². The molecule has 0 aliphatic carbocycles. The number of aliphatic imine (C=N–C) groups is 1. The lowest BCUT2D eigenvalue weighted by atomic mass is 10.1.